The average molecular weight is 328 g/mol. The van der Waals surface area contributed by atoms with Crippen molar-refractivity contribution < 1.29 is 14.3 Å². The van der Waals surface area contributed by atoms with Crippen LogP contribution in [-0.4, -0.2) is 46.3 Å². The Balaban J connectivity index is 1.82. The van der Waals surface area contributed by atoms with Crippen LogP contribution < -0.4 is 4.74 Å². The molecule has 0 spiro atoms. The number of halogens is 1. The van der Waals surface area contributed by atoms with E-state index < -0.39 is 5.60 Å². The summed E-state index contributed by atoms with van der Waals surface area (Å²) in [7, 11) is 0. The largest absolute Gasteiger partial charge is 0.463 e. The van der Waals surface area contributed by atoms with Gasteiger partial charge >= 0.3 is 12.1 Å². The van der Waals surface area contributed by atoms with Crippen molar-refractivity contribution in [1.29, 1.82) is 0 Å². The van der Waals surface area contributed by atoms with E-state index in [-0.39, 0.29) is 12.0 Å². The summed E-state index contributed by atoms with van der Waals surface area (Å²) >= 11 is 5.73. The predicted molar refractivity (Wildman–Crippen MR) is 83.1 cm³/mol. The molecule has 1 aliphatic rings. The lowest BCUT2D eigenvalue weighted by molar-refractivity contribution is 0.0137. The zero-order valence-electron chi connectivity index (χ0n) is 13.2. The fourth-order valence-electron chi connectivity index (χ4n) is 2.26. The molecule has 1 atom stereocenters. The molecule has 1 aromatic rings. The first kappa shape index (κ1) is 16.8. The second kappa shape index (κ2) is 7.13. The molecule has 1 saturated heterocycles. The van der Waals surface area contributed by atoms with Crippen LogP contribution in [-0.2, 0) is 4.74 Å². The smallest absolute Gasteiger partial charge is 0.410 e. The number of amides is 1. The number of carbonyl (C=O) groups is 1. The van der Waals surface area contributed by atoms with Gasteiger partial charge in [-0.05, 0) is 33.6 Å². The first-order valence-corrected chi connectivity index (χ1v) is 7.79. The van der Waals surface area contributed by atoms with Crippen molar-refractivity contribution in [2.75, 3.05) is 19.7 Å². The third-order valence-electron chi connectivity index (χ3n) is 3.22. The zero-order chi connectivity index (χ0) is 16.2. The van der Waals surface area contributed by atoms with Crippen LogP contribution in [0.3, 0.4) is 0 Å². The fourth-order valence-corrected chi connectivity index (χ4v) is 2.36. The summed E-state index contributed by atoms with van der Waals surface area (Å²) in [4.78, 5) is 21.8. The number of hydrogen-bond donors (Lipinski definition) is 0. The van der Waals surface area contributed by atoms with E-state index in [1.54, 1.807) is 4.90 Å². The van der Waals surface area contributed by atoms with Crippen molar-refractivity contribution in [2.24, 2.45) is 5.92 Å². The van der Waals surface area contributed by atoms with Gasteiger partial charge in [0.05, 0.1) is 24.0 Å². The lowest BCUT2D eigenvalue weighted by atomic mass is 9.99. The summed E-state index contributed by atoms with van der Waals surface area (Å²) in [5, 5.41) is 0.473. The maximum atomic E-state index is 12.1. The minimum absolute atomic E-state index is 0.251. The fraction of sp³-hybridized carbons (Fsp3) is 0.667. The van der Waals surface area contributed by atoms with Crippen LogP contribution in [0.2, 0.25) is 5.02 Å². The highest BCUT2D eigenvalue weighted by molar-refractivity contribution is 6.30. The van der Waals surface area contributed by atoms with Crippen molar-refractivity contribution in [3.05, 3.63) is 17.4 Å². The molecule has 0 saturated carbocycles. The summed E-state index contributed by atoms with van der Waals surface area (Å²) < 4.78 is 11.0. The highest BCUT2D eigenvalue weighted by atomic mass is 35.5. The maximum absolute atomic E-state index is 12.1. The normalized spacial score (nSPS) is 18.9. The van der Waals surface area contributed by atoms with Gasteiger partial charge in [0.1, 0.15) is 5.60 Å². The van der Waals surface area contributed by atoms with Gasteiger partial charge in [-0.15, -0.1) is 0 Å². The van der Waals surface area contributed by atoms with E-state index in [1.165, 1.54) is 12.4 Å². The van der Waals surface area contributed by atoms with Crippen molar-refractivity contribution >= 4 is 17.7 Å². The van der Waals surface area contributed by atoms with E-state index >= 15 is 0 Å². The van der Waals surface area contributed by atoms with E-state index in [0.29, 0.717) is 24.2 Å². The average Bonchev–Trinajstić information content (AvgIpc) is 2.45. The van der Waals surface area contributed by atoms with Crippen LogP contribution >= 0.6 is 11.6 Å². The third kappa shape index (κ3) is 5.33. The van der Waals surface area contributed by atoms with Crippen molar-refractivity contribution in [1.82, 2.24) is 14.9 Å². The van der Waals surface area contributed by atoms with E-state index in [0.717, 1.165) is 19.4 Å². The van der Waals surface area contributed by atoms with Gasteiger partial charge in [-0.1, -0.05) is 11.6 Å². The van der Waals surface area contributed by atoms with Crippen LogP contribution in [0.15, 0.2) is 12.4 Å². The number of nitrogens with zero attached hydrogens (tertiary/aromatic N) is 3. The Bertz CT molecular complexity index is 502. The minimum atomic E-state index is -0.475. The number of likely N-dealkylation sites (tertiary alicyclic amines) is 1. The Hall–Kier alpha value is -1.56. The number of ether oxygens (including phenoxy) is 2. The standard InChI is InChI=1S/C15H22ClN3O3/c1-15(2,3)22-14(20)19-6-4-5-11(9-19)10-21-13-17-7-12(16)8-18-13/h7-8,11H,4-6,9-10H2,1-3H3. The maximum Gasteiger partial charge on any atom is 0.410 e. The van der Waals surface area contributed by atoms with E-state index in [2.05, 4.69) is 9.97 Å². The third-order valence-corrected chi connectivity index (χ3v) is 3.41. The first-order valence-electron chi connectivity index (χ1n) is 7.42. The summed E-state index contributed by atoms with van der Waals surface area (Å²) in [6.07, 6.45) is 4.68. The zero-order valence-corrected chi connectivity index (χ0v) is 14.0. The lowest BCUT2D eigenvalue weighted by Gasteiger charge is -2.33. The minimum Gasteiger partial charge on any atom is -0.463 e. The lowest BCUT2D eigenvalue weighted by Crippen LogP contribution is -2.44. The molecule has 7 heteroatoms. The van der Waals surface area contributed by atoms with Gasteiger partial charge in [-0.25, -0.2) is 14.8 Å². The molecule has 0 N–H and O–H groups in total. The van der Waals surface area contributed by atoms with Crippen LogP contribution in [0.5, 0.6) is 6.01 Å². The van der Waals surface area contributed by atoms with E-state index in [9.17, 15) is 4.79 Å². The molecule has 1 unspecified atom stereocenters. The summed E-state index contributed by atoms with van der Waals surface area (Å²) in [5.41, 5.74) is -0.475. The molecule has 0 radical (unpaired) electrons. The quantitative estimate of drug-likeness (QED) is 0.853. The monoisotopic (exact) mass is 327 g/mol. The summed E-state index contributed by atoms with van der Waals surface area (Å²) in [6, 6.07) is 0.304. The van der Waals surface area contributed by atoms with Crippen molar-refractivity contribution in [3.8, 4) is 6.01 Å². The SMILES string of the molecule is CC(C)(C)OC(=O)N1CCCC(COc2ncc(Cl)cn2)C1. The molecular formula is C15H22ClN3O3. The molecule has 1 fully saturated rings. The van der Waals surface area contributed by atoms with Gasteiger partial charge in [0.2, 0.25) is 0 Å². The van der Waals surface area contributed by atoms with Gasteiger partial charge in [-0.3, -0.25) is 0 Å². The molecule has 0 bridgehead atoms. The molecule has 22 heavy (non-hydrogen) atoms. The summed E-state index contributed by atoms with van der Waals surface area (Å²) in [6.45, 7) is 7.43. The van der Waals surface area contributed by atoms with Gasteiger partial charge in [0, 0.05) is 19.0 Å². The number of aromatic nitrogens is 2. The number of piperidine rings is 1. The highest BCUT2D eigenvalue weighted by Gasteiger charge is 2.28. The molecule has 0 aromatic carbocycles. The molecule has 1 aromatic heterocycles. The number of rotatable bonds is 3. The van der Waals surface area contributed by atoms with Gasteiger partial charge < -0.3 is 14.4 Å². The second-order valence-corrected chi connectivity index (χ2v) is 6.87. The van der Waals surface area contributed by atoms with Crippen molar-refractivity contribution in [2.45, 2.75) is 39.2 Å². The molecule has 6 nitrogen and oxygen atoms in total. The Kier molecular flexibility index (Phi) is 5.45. The van der Waals surface area contributed by atoms with E-state index in [1.807, 2.05) is 20.8 Å². The first-order chi connectivity index (χ1) is 10.3. The van der Waals surface area contributed by atoms with Gasteiger partial charge in [0.15, 0.2) is 0 Å². The second-order valence-electron chi connectivity index (χ2n) is 6.43. The topological polar surface area (TPSA) is 64.5 Å². The summed E-state index contributed by atoms with van der Waals surface area (Å²) in [5.74, 6) is 0.251. The number of hydrogen-bond acceptors (Lipinski definition) is 5. The molecular weight excluding hydrogens is 306 g/mol. The Labute approximate surface area is 135 Å². The molecule has 0 aliphatic carbocycles. The number of carbonyl (C=O) groups excluding carboxylic acids is 1. The Morgan fingerprint density at radius 3 is 2.73 bits per heavy atom. The van der Waals surface area contributed by atoms with E-state index in [4.69, 9.17) is 21.1 Å². The van der Waals surface area contributed by atoms with Crippen LogP contribution in [0.4, 0.5) is 4.79 Å². The van der Waals surface area contributed by atoms with Gasteiger partial charge in [-0.2, -0.15) is 0 Å². The predicted octanol–water partition coefficient (Wildman–Crippen LogP) is 3.16. The van der Waals surface area contributed by atoms with Gasteiger partial charge in [0.25, 0.3) is 0 Å². The van der Waals surface area contributed by atoms with Crippen LogP contribution in [0, 0.1) is 5.92 Å². The molecule has 2 heterocycles. The molecule has 1 amide bonds. The molecule has 122 valence electrons. The molecule has 1 aliphatic heterocycles. The van der Waals surface area contributed by atoms with Crippen LogP contribution in [0.1, 0.15) is 33.6 Å². The van der Waals surface area contributed by atoms with Crippen molar-refractivity contribution in [3.63, 3.8) is 0 Å². The highest BCUT2D eigenvalue weighted by Crippen LogP contribution is 2.20. The van der Waals surface area contributed by atoms with Crippen LogP contribution in [0.25, 0.3) is 0 Å². The Morgan fingerprint density at radius 2 is 2.09 bits per heavy atom. The Morgan fingerprint density at radius 1 is 1.41 bits per heavy atom. The molecule has 2 rings (SSSR count).